The molecule has 0 fully saturated rings. The zero-order valence-electron chi connectivity index (χ0n) is 16.7. The van der Waals surface area contributed by atoms with Crippen molar-refractivity contribution in [1.29, 1.82) is 0 Å². The van der Waals surface area contributed by atoms with Crippen LogP contribution < -0.4 is 14.8 Å². The highest BCUT2D eigenvalue weighted by atomic mass is 32.2. The van der Waals surface area contributed by atoms with Crippen LogP contribution in [-0.4, -0.2) is 34.0 Å². The lowest BCUT2D eigenvalue weighted by Crippen LogP contribution is -2.15. The summed E-state index contributed by atoms with van der Waals surface area (Å²) in [6, 6.07) is 13.4. The van der Waals surface area contributed by atoms with Crippen LogP contribution in [0.1, 0.15) is 15.9 Å². The summed E-state index contributed by atoms with van der Waals surface area (Å²) in [6.45, 7) is 1.72. The lowest BCUT2D eigenvalue weighted by molar-refractivity contribution is 0.102. The van der Waals surface area contributed by atoms with E-state index in [1.54, 1.807) is 31.2 Å². The summed E-state index contributed by atoms with van der Waals surface area (Å²) in [5.74, 6) is -0.472. The second-order valence-electron chi connectivity index (χ2n) is 6.73. The predicted molar refractivity (Wildman–Crippen MR) is 119 cm³/mol. The minimum Gasteiger partial charge on any atom is -0.322 e. The molecule has 31 heavy (non-hydrogen) atoms. The SMILES string of the molecule is Cc1ccc(C(=O)Nc2ccc(S(=O)(=O)Nc3cccnc3)cc2)cc1NS(C)(=O)=O. The van der Waals surface area contributed by atoms with Crippen LogP contribution in [0, 0.1) is 6.92 Å². The van der Waals surface area contributed by atoms with Gasteiger partial charge in [-0.15, -0.1) is 0 Å². The van der Waals surface area contributed by atoms with Crippen LogP contribution in [0.3, 0.4) is 0 Å². The number of sulfonamides is 2. The second kappa shape index (κ2) is 8.74. The Hall–Kier alpha value is -3.44. The quantitative estimate of drug-likeness (QED) is 0.496. The maximum atomic E-state index is 12.5. The first-order valence-corrected chi connectivity index (χ1v) is 12.3. The molecule has 1 amide bonds. The summed E-state index contributed by atoms with van der Waals surface area (Å²) in [5.41, 5.74) is 1.92. The van der Waals surface area contributed by atoms with Crippen molar-refractivity contribution in [2.24, 2.45) is 0 Å². The Morgan fingerprint density at radius 3 is 2.23 bits per heavy atom. The molecule has 0 radical (unpaired) electrons. The van der Waals surface area contributed by atoms with E-state index >= 15 is 0 Å². The molecule has 1 heterocycles. The highest BCUT2D eigenvalue weighted by Crippen LogP contribution is 2.21. The Balaban J connectivity index is 1.74. The number of aromatic nitrogens is 1. The van der Waals surface area contributed by atoms with Crippen LogP contribution >= 0.6 is 0 Å². The number of amides is 1. The smallest absolute Gasteiger partial charge is 0.261 e. The molecule has 3 rings (SSSR count). The maximum Gasteiger partial charge on any atom is 0.261 e. The highest BCUT2D eigenvalue weighted by molar-refractivity contribution is 7.92. The van der Waals surface area contributed by atoms with Gasteiger partial charge in [-0.3, -0.25) is 19.2 Å². The summed E-state index contributed by atoms with van der Waals surface area (Å²) >= 11 is 0. The van der Waals surface area contributed by atoms with Crippen molar-refractivity contribution in [2.45, 2.75) is 11.8 Å². The number of carbonyl (C=O) groups is 1. The molecule has 0 aliphatic heterocycles. The molecule has 162 valence electrons. The van der Waals surface area contributed by atoms with E-state index in [2.05, 4.69) is 19.7 Å². The molecule has 0 saturated heterocycles. The third-order valence-corrected chi connectivity index (χ3v) is 6.12. The van der Waals surface area contributed by atoms with Crippen molar-refractivity contribution in [2.75, 3.05) is 21.0 Å². The molecule has 0 spiro atoms. The molecule has 0 unspecified atom stereocenters. The van der Waals surface area contributed by atoms with Crippen molar-refractivity contribution in [3.8, 4) is 0 Å². The molecule has 2 aromatic carbocycles. The van der Waals surface area contributed by atoms with Gasteiger partial charge in [-0.1, -0.05) is 6.07 Å². The molecular weight excluding hydrogens is 440 g/mol. The predicted octanol–water partition coefficient (Wildman–Crippen LogP) is 2.81. The van der Waals surface area contributed by atoms with Gasteiger partial charge in [0.15, 0.2) is 0 Å². The van der Waals surface area contributed by atoms with E-state index in [9.17, 15) is 21.6 Å². The fourth-order valence-corrected chi connectivity index (χ4v) is 4.29. The topological polar surface area (TPSA) is 134 Å². The van der Waals surface area contributed by atoms with Crippen LogP contribution in [0.5, 0.6) is 0 Å². The Bertz CT molecular complexity index is 1310. The Labute approximate surface area is 180 Å². The minimum absolute atomic E-state index is 0.0179. The van der Waals surface area contributed by atoms with E-state index in [1.165, 1.54) is 42.7 Å². The molecule has 0 bridgehead atoms. The van der Waals surface area contributed by atoms with Gasteiger partial charge in [0.25, 0.3) is 15.9 Å². The molecular formula is C20H20N4O5S2. The van der Waals surface area contributed by atoms with E-state index in [1.807, 2.05) is 0 Å². The minimum atomic E-state index is -3.81. The summed E-state index contributed by atoms with van der Waals surface area (Å²) in [6.07, 6.45) is 3.95. The summed E-state index contributed by atoms with van der Waals surface area (Å²) < 4.78 is 52.7. The van der Waals surface area contributed by atoms with Crippen molar-refractivity contribution in [3.63, 3.8) is 0 Å². The Morgan fingerprint density at radius 2 is 1.61 bits per heavy atom. The van der Waals surface area contributed by atoms with Gasteiger partial charge in [0.2, 0.25) is 10.0 Å². The molecule has 0 aliphatic carbocycles. The molecule has 0 atom stereocenters. The zero-order chi connectivity index (χ0) is 22.6. The van der Waals surface area contributed by atoms with Gasteiger partial charge in [0.05, 0.1) is 28.7 Å². The van der Waals surface area contributed by atoms with Gasteiger partial charge >= 0.3 is 0 Å². The number of nitrogens with one attached hydrogen (secondary N) is 3. The van der Waals surface area contributed by atoms with Crippen molar-refractivity contribution in [1.82, 2.24) is 4.98 Å². The standard InChI is InChI=1S/C20H20N4O5S2/c1-14-5-6-15(12-19(14)24-30(2,26)27)20(25)22-16-7-9-18(10-8-16)31(28,29)23-17-4-3-11-21-13-17/h3-13,23-24H,1-2H3,(H,22,25). The maximum absolute atomic E-state index is 12.5. The molecule has 3 N–H and O–H groups in total. The lowest BCUT2D eigenvalue weighted by Gasteiger charge is -2.11. The second-order valence-corrected chi connectivity index (χ2v) is 10.2. The summed E-state index contributed by atoms with van der Waals surface area (Å²) in [5, 5.41) is 2.65. The molecule has 0 aliphatic rings. The van der Waals surface area contributed by atoms with Crippen molar-refractivity contribution in [3.05, 3.63) is 78.1 Å². The first kappa shape index (κ1) is 22.2. The van der Waals surface area contributed by atoms with Crippen LogP contribution in [0.4, 0.5) is 17.1 Å². The van der Waals surface area contributed by atoms with Gasteiger partial charge in [-0.2, -0.15) is 0 Å². The first-order valence-electron chi connectivity index (χ1n) is 8.96. The normalized spacial score (nSPS) is 11.5. The number of aryl methyl sites for hydroxylation is 1. The van der Waals surface area contributed by atoms with Gasteiger partial charge in [-0.25, -0.2) is 16.8 Å². The number of carbonyl (C=O) groups excluding carboxylic acids is 1. The van der Waals surface area contributed by atoms with Crippen molar-refractivity contribution < 1.29 is 21.6 Å². The molecule has 1 aromatic heterocycles. The number of hydrogen-bond acceptors (Lipinski definition) is 6. The average Bonchev–Trinajstić information content (AvgIpc) is 2.69. The van der Waals surface area contributed by atoms with Gasteiger partial charge in [0.1, 0.15) is 0 Å². The monoisotopic (exact) mass is 460 g/mol. The van der Waals surface area contributed by atoms with Crippen LogP contribution in [0.15, 0.2) is 71.9 Å². The summed E-state index contributed by atoms with van der Waals surface area (Å²) in [7, 11) is -7.30. The number of anilines is 3. The number of benzene rings is 2. The van der Waals surface area contributed by atoms with Gasteiger partial charge < -0.3 is 5.32 Å². The van der Waals surface area contributed by atoms with E-state index < -0.39 is 26.0 Å². The Kier molecular flexibility index (Phi) is 6.27. The number of hydrogen-bond donors (Lipinski definition) is 3. The highest BCUT2D eigenvalue weighted by Gasteiger charge is 2.15. The first-order chi connectivity index (χ1) is 14.5. The number of nitrogens with zero attached hydrogens (tertiary/aromatic N) is 1. The largest absolute Gasteiger partial charge is 0.322 e. The molecule has 11 heteroatoms. The van der Waals surface area contributed by atoms with Crippen LogP contribution in [0.2, 0.25) is 0 Å². The van der Waals surface area contributed by atoms with Crippen molar-refractivity contribution >= 4 is 43.0 Å². The fourth-order valence-electron chi connectivity index (χ4n) is 2.63. The molecule has 9 nitrogen and oxygen atoms in total. The van der Waals surface area contributed by atoms with E-state index in [0.717, 1.165) is 6.26 Å². The molecule has 0 saturated carbocycles. The third kappa shape index (κ3) is 6.03. The van der Waals surface area contributed by atoms with Crippen LogP contribution in [-0.2, 0) is 20.0 Å². The van der Waals surface area contributed by atoms with Gasteiger partial charge in [-0.05, 0) is 61.0 Å². The number of rotatable bonds is 7. The van der Waals surface area contributed by atoms with Crippen LogP contribution in [0.25, 0.3) is 0 Å². The summed E-state index contributed by atoms with van der Waals surface area (Å²) in [4.78, 5) is 16.4. The Morgan fingerprint density at radius 1 is 0.903 bits per heavy atom. The lowest BCUT2D eigenvalue weighted by atomic mass is 10.1. The van der Waals surface area contributed by atoms with Gasteiger partial charge in [0, 0.05) is 17.4 Å². The number of pyridine rings is 1. The van der Waals surface area contributed by atoms with E-state index in [0.29, 0.717) is 22.6 Å². The average molecular weight is 461 g/mol. The molecule has 3 aromatic rings. The fraction of sp³-hybridized carbons (Fsp3) is 0.100. The zero-order valence-corrected chi connectivity index (χ0v) is 18.3. The third-order valence-electron chi connectivity index (χ3n) is 4.13. The van der Waals surface area contributed by atoms with E-state index in [-0.39, 0.29) is 10.5 Å². The van der Waals surface area contributed by atoms with E-state index in [4.69, 9.17) is 0 Å².